The summed E-state index contributed by atoms with van der Waals surface area (Å²) in [6.07, 6.45) is 4.04. The van der Waals surface area contributed by atoms with Gasteiger partial charge >= 0.3 is 0 Å². The van der Waals surface area contributed by atoms with Crippen molar-refractivity contribution in [3.63, 3.8) is 0 Å². The molecule has 0 aliphatic rings. The highest BCUT2D eigenvalue weighted by Crippen LogP contribution is 2.27. The van der Waals surface area contributed by atoms with Crippen LogP contribution < -0.4 is 10.6 Å². The maximum atomic E-state index is 6.26. The number of nitrogens with zero attached hydrogens (tertiary/aromatic N) is 2. The van der Waals surface area contributed by atoms with Crippen molar-refractivity contribution in [1.29, 1.82) is 0 Å². The minimum Gasteiger partial charge on any atom is -0.356 e. The molecule has 16 heavy (non-hydrogen) atoms. The maximum Gasteiger partial charge on any atom is 0.147 e. The van der Waals surface area contributed by atoms with Gasteiger partial charge in [0.15, 0.2) is 0 Å². The lowest BCUT2D eigenvalue weighted by Gasteiger charge is -2.27. The molecule has 2 N–H and O–H groups in total. The first kappa shape index (κ1) is 13.3. The molecule has 3 nitrogen and oxygen atoms in total. The Morgan fingerprint density at radius 3 is 2.81 bits per heavy atom. The molecule has 4 heteroatoms. The summed E-state index contributed by atoms with van der Waals surface area (Å²) < 4.78 is 0. The third-order valence-electron chi connectivity index (χ3n) is 2.87. The van der Waals surface area contributed by atoms with E-state index in [1.807, 2.05) is 13.1 Å². The lowest BCUT2D eigenvalue weighted by Crippen LogP contribution is -2.29. The zero-order valence-electron chi connectivity index (χ0n) is 10.2. The summed E-state index contributed by atoms with van der Waals surface area (Å²) in [5, 5.41) is 0.676. The van der Waals surface area contributed by atoms with E-state index in [0.29, 0.717) is 17.6 Å². The quantitative estimate of drug-likeness (QED) is 0.862. The van der Waals surface area contributed by atoms with Crippen LogP contribution >= 0.6 is 11.6 Å². The molecule has 0 aromatic carbocycles. The summed E-state index contributed by atoms with van der Waals surface area (Å²) in [7, 11) is 2.02. The second kappa shape index (κ2) is 6.06. The van der Waals surface area contributed by atoms with Gasteiger partial charge in [-0.05, 0) is 25.0 Å². The van der Waals surface area contributed by atoms with Gasteiger partial charge in [-0.2, -0.15) is 0 Å². The second-order valence-electron chi connectivity index (χ2n) is 4.06. The van der Waals surface area contributed by atoms with Crippen LogP contribution in [0.2, 0.25) is 5.02 Å². The van der Waals surface area contributed by atoms with Crippen LogP contribution in [0.25, 0.3) is 0 Å². The molecular weight excluding hydrogens is 222 g/mol. The van der Waals surface area contributed by atoms with Gasteiger partial charge in [0, 0.05) is 25.8 Å². The predicted molar refractivity (Wildman–Crippen MR) is 69.9 cm³/mol. The zero-order chi connectivity index (χ0) is 12.1. The molecule has 0 fully saturated rings. The Morgan fingerprint density at radius 2 is 2.25 bits per heavy atom. The Kier molecular flexibility index (Phi) is 5.03. The Morgan fingerprint density at radius 1 is 1.56 bits per heavy atom. The number of nitrogens with two attached hydrogens (primary N) is 1. The van der Waals surface area contributed by atoms with E-state index in [-0.39, 0.29) is 0 Å². The summed E-state index contributed by atoms with van der Waals surface area (Å²) >= 11 is 6.26. The number of rotatable bonds is 5. The van der Waals surface area contributed by atoms with Crippen molar-refractivity contribution in [1.82, 2.24) is 4.98 Å². The molecule has 0 radical (unpaired) electrons. The van der Waals surface area contributed by atoms with Crippen molar-refractivity contribution < 1.29 is 0 Å². The van der Waals surface area contributed by atoms with Gasteiger partial charge in [0.05, 0.1) is 5.02 Å². The molecule has 0 saturated heterocycles. The van der Waals surface area contributed by atoms with Gasteiger partial charge in [-0.25, -0.2) is 4.98 Å². The van der Waals surface area contributed by atoms with Crippen LogP contribution in [0.5, 0.6) is 0 Å². The number of hydrogen-bond acceptors (Lipinski definition) is 3. The lowest BCUT2D eigenvalue weighted by molar-refractivity contribution is 0.611. The van der Waals surface area contributed by atoms with Crippen molar-refractivity contribution in [2.75, 3.05) is 11.9 Å². The van der Waals surface area contributed by atoms with E-state index in [9.17, 15) is 0 Å². The van der Waals surface area contributed by atoms with E-state index >= 15 is 0 Å². The second-order valence-corrected chi connectivity index (χ2v) is 4.44. The van der Waals surface area contributed by atoms with Crippen LogP contribution in [-0.2, 0) is 6.54 Å². The van der Waals surface area contributed by atoms with Crippen LogP contribution in [0, 0.1) is 0 Å². The molecule has 0 amide bonds. The van der Waals surface area contributed by atoms with Gasteiger partial charge in [0.25, 0.3) is 0 Å². The first-order chi connectivity index (χ1) is 7.61. The van der Waals surface area contributed by atoms with Crippen LogP contribution in [-0.4, -0.2) is 18.1 Å². The molecule has 1 atom stereocenters. The van der Waals surface area contributed by atoms with Gasteiger partial charge < -0.3 is 10.6 Å². The average Bonchev–Trinajstić information content (AvgIpc) is 2.29. The molecule has 1 unspecified atom stereocenters. The lowest BCUT2D eigenvalue weighted by atomic mass is 10.1. The largest absolute Gasteiger partial charge is 0.356 e. The van der Waals surface area contributed by atoms with Crippen molar-refractivity contribution in [3.05, 3.63) is 22.8 Å². The molecule has 0 aliphatic carbocycles. The molecule has 0 spiro atoms. The van der Waals surface area contributed by atoms with Crippen molar-refractivity contribution >= 4 is 17.4 Å². The zero-order valence-corrected chi connectivity index (χ0v) is 11.0. The summed E-state index contributed by atoms with van der Waals surface area (Å²) in [4.78, 5) is 6.44. The molecular formula is C12H20ClN3. The summed E-state index contributed by atoms with van der Waals surface area (Å²) in [6.45, 7) is 4.80. The van der Waals surface area contributed by atoms with E-state index in [1.165, 1.54) is 0 Å². The standard InChI is InChI=1S/C12H20ClN3/c1-4-5-9(2)16(3)12-11(13)10(8-14)6-7-15-12/h6-7,9H,4-5,8,14H2,1-3H3. The van der Waals surface area contributed by atoms with E-state index in [1.54, 1.807) is 6.20 Å². The smallest absolute Gasteiger partial charge is 0.147 e. The first-order valence-electron chi connectivity index (χ1n) is 5.68. The molecule has 1 heterocycles. The predicted octanol–water partition coefficient (Wildman–Crippen LogP) is 2.82. The van der Waals surface area contributed by atoms with Gasteiger partial charge in [0.2, 0.25) is 0 Å². The molecule has 0 bridgehead atoms. The van der Waals surface area contributed by atoms with Gasteiger partial charge in [0.1, 0.15) is 5.82 Å². The van der Waals surface area contributed by atoms with Crippen LogP contribution in [0.15, 0.2) is 12.3 Å². The third-order valence-corrected chi connectivity index (χ3v) is 3.28. The van der Waals surface area contributed by atoms with Gasteiger partial charge in [-0.1, -0.05) is 24.9 Å². The van der Waals surface area contributed by atoms with Crippen molar-refractivity contribution in [2.45, 2.75) is 39.3 Å². The van der Waals surface area contributed by atoms with Gasteiger partial charge in [-0.3, -0.25) is 0 Å². The maximum absolute atomic E-state index is 6.26. The van der Waals surface area contributed by atoms with Crippen molar-refractivity contribution in [2.24, 2.45) is 5.73 Å². The number of anilines is 1. The third kappa shape index (κ3) is 2.86. The van der Waals surface area contributed by atoms with Crippen LogP contribution in [0.4, 0.5) is 5.82 Å². The Labute approximate surface area is 103 Å². The molecule has 1 aromatic heterocycles. The molecule has 1 aromatic rings. The average molecular weight is 242 g/mol. The van der Waals surface area contributed by atoms with E-state index < -0.39 is 0 Å². The fraction of sp³-hybridized carbons (Fsp3) is 0.583. The molecule has 1 rings (SSSR count). The number of aromatic nitrogens is 1. The Bertz CT molecular complexity index is 341. The SMILES string of the molecule is CCCC(C)N(C)c1nccc(CN)c1Cl. The molecule has 90 valence electrons. The van der Waals surface area contributed by atoms with E-state index in [2.05, 4.69) is 23.7 Å². The normalized spacial score (nSPS) is 12.6. The van der Waals surface area contributed by atoms with E-state index in [0.717, 1.165) is 24.2 Å². The first-order valence-corrected chi connectivity index (χ1v) is 6.05. The molecule has 0 saturated carbocycles. The fourth-order valence-electron chi connectivity index (χ4n) is 1.70. The summed E-state index contributed by atoms with van der Waals surface area (Å²) in [5.41, 5.74) is 6.57. The van der Waals surface area contributed by atoms with Gasteiger partial charge in [-0.15, -0.1) is 0 Å². The number of halogens is 1. The van der Waals surface area contributed by atoms with E-state index in [4.69, 9.17) is 17.3 Å². The minimum atomic E-state index is 0.433. The summed E-state index contributed by atoms with van der Waals surface area (Å²) in [5.74, 6) is 0.825. The topological polar surface area (TPSA) is 42.2 Å². The number of hydrogen-bond donors (Lipinski definition) is 1. The summed E-state index contributed by atoms with van der Waals surface area (Å²) in [6, 6.07) is 2.30. The van der Waals surface area contributed by atoms with Crippen LogP contribution in [0.1, 0.15) is 32.3 Å². The highest BCUT2D eigenvalue weighted by molar-refractivity contribution is 6.33. The fourth-order valence-corrected chi connectivity index (χ4v) is 2.02. The minimum absolute atomic E-state index is 0.433. The van der Waals surface area contributed by atoms with Crippen molar-refractivity contribution in [3.8, 4) is 0 Å². The highest BCUT2D eigenvalue weighted by atomic mass is 35.5. The number of pyridine rings is 1. The monoisotopic (exact) mass is 241 g/mol. The Hall–Kier alpha value is -0.800. The highest BCUT2D eigenvalue weighted by Gasteiger charge is 2.15. The van der Waals surface area contributed by atoms with Crippen LogP contribution in [0.3, 0.4) is 0 Å². The Balaban J connectivity index is 2.94. The molecule has 0 aliphatic heterocycles.